The molecule has 0 nitrogen and oxygen atoms in total. The Morgan fingerprint density at radius 2 is 1.62 bits per heavy atom. The van der Waals surface area contributed by atoms with Gasteiger partial charge >= 0.3 is 25.8 Å². The Bertz CT molecular complexity index is 190. The third kappa shape index (κ3) is 5.33. The molecule has 0 saturated carbocycles. The van der Waals surface area contributed by atoms with Crippen LogP contribution in [0.15, 0.2) is 18.2 Å². The molecule has 2 rings (SSSR count). The molecule has 0 amide bonds. The zero-order chi connectivity index (χ0) is 6.10. The molecule has 0 radical (unpaired) electrons. The zero-order valence-corrected chi connectivity index (χ0v) is 15.5. The Hall–Kier alpha value is 1.66. The largest absolute Gasteiger partial charge is 4.00 e. The van der Waals surface area contributed by atoms with E-state index < -0.39 is 0 Å². The molecule has 72 valence electrons. The summed E-state index contributed by atoms with van der Waals surface area (Å²) in [6.07, 6.45) is 5.44. The molecule has 0 aromatic heterocycles. The summed E-state index contributed by atoms with van der Waals surface area (Å²) in [5.74, 6) is 0. The summed E-state index contributed by atoms with van der Waals surface area (Å²) < 4.78 is 0. The van der Waals surface area contributed by atoms with Crippen molar-refractivity contribution in [2.75, 3.05) is 0 Å². The fraction of sp³-hybridized carbons (Fsp3) is 0.444. The van der Waals surface area contributed by atoms with Crippen molar-refractivity contribution in [3.63, 3.8) is 0 Å². The fourth-order valence-electron chi connectivity index (χ4n) is 1.61. The van der Waals surface area contributed by atoms with E-state index in [0.29, 0.717) is 0 Å². The van der Waals surface area contributed by atoms with Gasteiger partial charge in [0.2, 0.25) is 0 Å². The van der Waals surface area contributed by atoms with Crippen LogP contribution in [-0.4, -0.2) is 0 Å². The minimum Gasteiger partial charge on any atom is -1.00 e. The van der Waals surface area contributed by atoms with Crippen molar-refractivity contribution in [1.82, 2.24) is 0 Å². The van der Waals surface area contributed by atoms with Crippen LogP contribution < -0.4 is 50.9 Å². The average molecular weight is 537 g/mol. The third-order valence-electron chi connectivity index (χ3n) is 2.15. The molecule has 1 aromatic carbocycles. The van der Waals surface area contributed by atoms with Crippen molar-refractivity contribution < 1.29 is 76.8 Å². The van der Waals surface area contributed by atoms with E-state index in [9.17, 15) is 0 Å². The fourth-order valence-corrected chi connectivity index (χ4v) is 1.61. The topological polar surface area (TPSA) is 0 Å². The first-order valence-electron chi connectivity index (χ1n) is 3.70. The van der Waals surface area contributed by atoms with E-state index >= 15 is 0 Å². The predicted octanol–water partition coefficient (Wildman–Crippen LogP) is -6.71. The van der Waals surface area contributed by atoms with E-state index in [4.69, 9.17) is 0 Å². The Kier molecular flexibility index (Phi) is 15.8. The van der Waals surface area contributed by atoms with E-state index in [-0.39, 0.29) is 76.8 Å². The normalized spacial score (nSPS) is 12.0. The summed E-state index contributed by atoms with van der Waals surface area (Å²) in [6, 6.07) is 6.69. The van der Waals surface area contributed by atoms with E-state index in [0.717, 1.165) is 0 Å². The predicted molar refractivity (Wildman–Crippen MR) is 38.7 cm³/mol. The van der Waals surface area contributed by atoms with Crippen molar-refractivity contribution in [2.24, 2.45) is 0 Å². The maximum atomic E-state index is 2.26. The summed E-state index contributed by atoms with van der Waals surface area (Å²) in [5, 5.41) is 0. The van der Waals surface area contributed by atoms with Gasteiger partial charge in [-0.05, 0) is 0 Å². The van der Waals surface area contributed by atoms with Gasteiger partial charge in [0.15, 0.2) is 0 Å². The van der Waals surface area contributed by atoms with Crippen molar-refractivity contribution in [3.05, 3.63) is 29.3 Å². The molecule has 0 heterocycles. The van der Waals surface area contributed by atoms with Gasteiger partial charge < -0.3 is 50.9 Å². The van der Waals surface area contributed by atoms with Crippen LogP contribution in [0.3, 0.4) is 0 Å². The van der Waals surface area contributed by atoms with Gasteiger partial charge in [-0.1, -0.05) is 25.7 Å². The van der Waals surface area contributed by atoms with Crippen LogP contribution in [0.25, 0.3) is 0 Å². The monoisotopic (exact) mass is 536 g/mol. The molecule has 0 atom stereocenters. The first-order chi connectivity index (χ1) is 4.47. The molecule has 0 N–H and O–H groups in total. The van der Waals surface area contributed by atoms with Crippen LogP contribution in [-0.2, 0) is 38.7 Å². The Labute approximate surface area is 130 Å². The van der Waals surface area contributed by atoms with E-state index in [1.54, 1.807) is 11.1 Å². The van der Waals surface area contributed by atoms with Gasteiger partial charge in [-0.25, -0.2) is 6.07 Å². The standard InChI is InChI=1S/C9H11.3BrH.Hf/c1-2-5-9-7-3-6-8(9)4-1;;;;/h3,6-7H,1-2,4-5H2;3*1H;/q-1;;;;+4/p-3. The zero-order valence-electron chi connectivity index (χ0n) is 7.19. The summed E-state index contributed by atoms with van der Waals surface area (Å²) in [7, 11) is 0. The molecular weight excluding hydrogens is 526 g/mol. The van der Waals surface area contributed by atoms with Crippen LogP contribution in [0.1, 0.15) is 24.0 Å². The van der Waals surface area contributed by atoms with E-state index in [1.165, 1.54) is 25.7 Å². The van der Waals surface area contributed by atoms with Crippen molar-refractivity contribution in [2.45, 2.75) is 25.7 Å². The number of hydrogen-bond donors (Lipinski definition) is 0. The van der Waals surface area contributed by atoms with Gasteiger partial charge in [0.05, 0.1) is 0 Å². The van der Waals surface area contributed by atoms with Gasteiger partial charge in [-0.2, -0.15) is 23.3 Å². The number of fused-ring (bicyclic) bond motifs is 1. The van der Waals surface area contributed by atoms with E-state index in [2.05, 4.69) is 18.2 Å². The maximum absolute atomic E-state index is 2.26. The third-order valence-corrected chi connectivity index (χ3v) is 2.15. The Morgan fingerprint density at radius 1 is 1.00 bits per heavy atom. The number of rotatable bonds is 0. The molecule has 0 bridgehead atoms. The first-order valence-corrected chi connectivity index (χ1v) is 3.70. The second-order valence-electron chi connectivity index (χ2n) is 2.78. The van der Waals surface area contributed by atoms with E-state index in [1.807, 2.05) is 0 Å². The van der Waals surface area contributed by atoms with Gasteiger partial charge in [0, 0.05) is 0 Å². The van der Waals surface area contributed by atoms with Crippen molar-refractivity contribution in [3.8, 4) is 0 Å². The first kappa shape index (κ1) is 20.1. The molecule has 13 heavy (non-hydrogen) atoms. The molecule has 0 saturated heterocycles. The minimum absolute atomic E-state index is 0. The molecular formula is C9H11Br3Hf. The molecule has 0 spiro atoms. The second kappa shape index (κ2) is 10.2. The quantitative estimate of drug-likeness (QED) is 0.228. The molecule has 1 aliphatic carbocycles. The summed E-state index contributed by atoms with van der Waals surface area (Å²) in [4.78, 5) is 0. The Morgan fingerprint density at radius 3 is 2.23 bits per heavy atom. The average Bonchev–Trinajstić information content (AvgIpc) is 2.33. The molecule has 0 fully saturated rings. The van der Waals surface area contributed by atoms with Gasteiger partial charge in [0.1, 0.15) is 0 Å². The van der Waals surface area contributed by atoms with Crippen LogP contribution >= 0.6 is 0 Å². The molecule has 0 aliphatic heterocycles. The number of aryl methyl sites for hydroxylation is 2. The number of hydrogen-bond acceptors (Lipinski definition) is 0. The summed E-state index contributed by atoms with van der Waals surface area (Å²) in [6.45, 7) is 0. The van der Waals surface area contributed by atoms with Gasteiger partial charge in [-0.3, -0.25) is 0 Å². The van der Waals surface area contributed by atoms with Crippen LogP contribution in [0, 0.1) is 0 Å². The van der Waals surface area contributed by atoms with Crippen LogP contribution in [0.4, 0.5) is 0 Å². The second-order valence-corrected chi connectivity index (χ2v) is 2.78. The summed E-state index contributed by atoms with van der Waals surface area (Å²) in [5.41, 5.74) is 3.20. The molecule has 4 heteroatoms. The van der Waals surface area contributed by atoms with Gasteiger partial charge in [-0.15, -0.1) is 0 Å². The minimum atomic E-state index is 0. The van der Waals surface area contributed by atoms with Crippen LogP contribution in [0.5, 0.6) is 0 Å². The SMILES string of the molecule is [Br-].[Br-].[Br-].[Hf+4].c1cc2c([cH-]1)CCCC2. The molecule has 1 aromatic rings. The molecule has 1 aliphatic rings. The maximum Gasteiger partial charge on any atom is 4.00 e. The van der Waals surface area contributed by atoms with Crippen molar-refractivity contribution in [1.29, 1.82) is 0 Å². The summed E-state index contributed by atoms with van der Waals surface area (Å²) >= 11 is 0. The van der Waals surface area contributed by atoms with Crippen LogP contribution in [0.2, 0.25) is 0 Å². The van der Waals surface area contributed by atoms with Gasteiger partial charge in [0.25, 0.3) is 0 Å². The smallest absolute Gasteiger partial charge is 1.00 e. The van der Waals surface area contributed by atoms with Crippen molar-refractivity contribution >= 4 is 0 Å². The number of halogens is 3. The molecule has 0 unspecified atom stereocenters. The Balaban J connectivity index is -0.000000250.